The summed E-state index contributed by atoms with van der Waals surface area (Å²) >= 11 is 1.30. The maximum Gasteiger partial charge on any atom is 0.234 e. The first kappa shape index (κ1) is 20.4. The fraction of sp³-hybridized carbons (Fsp3) is 0.200. The third-order valence-electron chi connectivity index (χ3n) is 3.98. The van der Waals surface area contributed by atoms with E-state index in [9.17, 15) is 4.79 Å². The van der Waals surface area contributed by atoms with E-state index in [-0.39, 0.29) is 11.7 Å². The van der Waals surface area contributed by atoms with Crippen LogP contribution < -0.4 is 14.8 Å². The average Bonchev–Trinajstić information content (AvgIpc) is 3.16. The lowest BCUT2D eigenvalue weighted by Gasteiger charge is -2.11. The van der Waals surface area contributed by atoms with Crippen LogP contribution in [0.4, 0.5) is 5.69 Å². The zero-order valence-electron chi connectivity index (χ0n) is 16.2. The van der Waals surface area contributed by atoms with E-state index < -0.39 is 0 Å². The molecule has 150 valence electrons. The number of benzene rings is 1. The molecule has 1 amide bonds. The first-order valence-electron chi connectivity index (χ1n) is 8.75. The van der Waals surface area contributed by atoms with Crippen LogP contribution in [0, 0.1) is 0 Å². The summed E-state index contributed by atoms with van der Waals surface area (Å²) in [5.74, 6) is 1.86. The molecule has 3 rings (SSSR count). The highest BCUT2D eigenvalue weighted by Crippen LogP contribution is 2.29. The lowest BCUT2D eigenvalue weighted by atomic mass is 10.2. The molecule has 0 aliphatic rings. The van der Waals surface area contributed by atoms with Gasteiger partial charge in [0.1, 0.15) is 11.5 Å². The number of thioether (sulfide) groups is 1. The number of nitrogens with zero attached hydrogens (tertiary/aromatic N) is 4. The Kier molecular flexibility index (Phi) is 6.85. The van der Waals surface area contributed by atoms with Crippen LogP contribution in [0.3, 0.4) is 0 Å². The lowest BCUT2D eigenvalue weighted by Crippen LogP contribution is -2.15. The van der Waals surface area contributed by atoms with Crippen LogP contribution in [0.5, 0.6) is 11.5 Å². The number of ether oxygens (including phenoxy) is 2. The van der Waals surface area contributed by atoms with Gasteiger partial charge in [0.05, 0.1) is 25.7 Å². The van der Waals surface area contributed by atoms with Crippen molar-refractivity contribution in [1.82, 2.24) is 19.7 Å². The Labute approximate surface area is 173 Å². The van der Waals surface area contributed by atoms with E-state index >= 15 is 0 Å². The molecule has 0 radical (unpaired) electrons. The number of carbonyl (C=O) groups excluding carboxylic acids is 1. The second-order valence-electron chi connectivity index (χ2n) is 5.84. The highest BCUT2D eigenvalue weighted by Gasteiger charge is 2.16. The van der Waals surface area contributed by atoms with Gasteiger partial charge in [0, 0.05) is 30.6 Å². The Bertz CT molecular complexity index is 991. The molecule has 29 heavy (non-hydrogen) atoms. The Hall–Kier alpha value is -3.33. The summed E-state index contributed by atoms with van der Waals surface area (Å²) in [6.45, 7) is 4.32. The summed E-state index contributed by atoms with van der Waals surface area (Å²) in [7, 11) is 3.11. The molecule has 1 aromatic carbocycles. The van der Waals surface area contributed by atoms with Crippen LogP contribution in [0.25, 0.3) is 11.4 Å². The van der Waals surface area contributed by atoms with Crippen molar-refractivity contribution < 1.29 is 14.3 Å². The van der Waals surface area contributed by atoms with Gasteiger partial charge in [0.15, 0.2) is 11.0 Å². The second-order valence-corrected chi connectivity index (χ2v) is 6.79. The van der Waals surface area contributed by atoms with Gasteiger partial charge in [-0.05, 0) is 24.3 Å². The first-order chi connectivity index (χ1) is 14.2. The predicted octanol–water partition coefficient (Wildman–Crippen LogP) is 3.27. The molecular formula is C20H21N5O3S. The maximum atomic E-state index is 12.4. The number of allylic oxidation sites excluding steroid dienone is 1. The maximum absolute atomic E-state index is 12.4. The van der Waals surface area contributed by atoms with Gasteiger partial charge in [0.2, 0.25) is 5.91 Å². The minimum Gasteiger partial charge on any atom is -0.497 e. The average molecular weight is 411 g/mol. The first-order valence-corrected chi connectivity index (χ1v) is 9.74. The summed E-state index contributed by atoms with van der Waals surface area (Å²) < 4.78 is 12.4. The molecule has 9 heteroatoms. The van der Waals surface area contributed by atoms with Crippen LogP contribution in [0.2, 0.25) is 0 Å². The number of nitrogens with one attached hydrogen (secondary N) is 1. The molecule has 3 aromatic rings. The van der Waals surface area contributed by atoms with E-state index in [4.69, 9.17) is 9.47 Å². The van der Waals surface area contributed by atoms with E-state index in [1.807, 2.05) is 16.7 Å². The normalized spacial score (nSPS) is 10.4. The molecule has 0 saturated heterocycles. The molecule has 0 aliphatic carbocycles. The number of hydrogen-bond donors (Lipinski definition) is 1. The third-order valence-corrected chi connectivity index (χ3v) is 4.95. The number of hydrogen-bond acceptors (Lipinski definition) is 7. The molecule has 0 fully saturated rings. The van der Waals surface area contributed by atoms with E-state index in [0.717, 1.165) is 5.56 Å². The van der Waals surface area contributed by atoms with E-state index in [1.165, 1.54) is 18.9 Å². The van der Waals surface area contributed by atoms with Crippen LogP contribution in [0.1, 0.15) is 0 Å². The molecule has 0 saturated carbocycles. The minimum absolute atomic E-state index is 0.167. The largest absolute Gasteiger partial charge is 0.497 e. The topological polar surface area (TPSA) is 91.2 Å². The van der Waals surface area contributed by atoms with Crippen molar-refractivity contribution in [3.8, 4) is 22.9 Å². The van der Waals surface area contributed by atoms with Crippen LogP contribution in [-0.4, -0.2) is 45.6 Å². The summed E-state index contributed by atoms with van der Waals surface area (Å²) in [5, 5.41) is 12.0. The number of amides is 1. The van der Waals surface area contributed by atoms with Gasteiger partial charge in [0.25, 0.3) is 0 Å². The number of pyridine rings is 1. The molecule has 2 heterocycles. The van der Waals surface area contributed by atoms with Crippen molar-refractivity contribution >= 4 is 23.4 Å². The fourth-order valence-corrected chi connectivity index (χ4v) is 3.37. The number of carbonyl (C=O) groups is 1. The van der Waals surface area contributed by atoms with Gasteiger partial charge in [-0.2, -0.15) is 0 Å². The lowest BCUT2D eigenvalue weighted by molar-refractivity contribution is -0.113. The molecule has 0 aliphatic heterocycles. The SMILES string of the molecule is C=CCn1c(SCC(=O)Nc2ccc(OC)cc2OC)nnc1-c1ccncc1. The van der Waals surface area contributed by atoms with Gasteiger partial charge in [-0.25, -0.2) is 0 Å². The molecular weight excluding hydrogens is 390 g/mol. The fourth-order valence-electron chi connectivity index (χ4n) is 2.62. The summed E-state index contributed by atoms with van der Waals surface area (Å²) in [5.41, 5.74) is 1.47. The van der Waals surface area contributed by atoms with Gasteiger partial charge in [-0.1, -0.05) is 17.8 Å². The van der Waals surface area contributed by atoms with Crippen LogP contribution in [0.15, 0.2) is 60.5 Å². The summed E-state index contributed by atoms with van der Waals surface area (Å²) in [6, 6.07) is 8.93. The highest BCUT2D eigenvalue weighted by atomic mass is 32.2. The predicted molar refractivity (Wildman–Crippen MR) is 112 cm³/mol. The monoisotopic (exact) mass is 411 g/mol. The van der Waals surface area contributed by atoms with E-state index in [2.05, 4.69) is 27.1 Å². The Balaban J connectivity index is 1.71. The summed E-state index contributed by atoms with van der Waals surface area (Å²) in [4.78, 5) is 16.5. The molecule has 1 N–H and O–H groups in total. The van der Waals surface area contributed by atoms with E-state index in [1.54, 1.807) is 43.8 Å². The second kappa shape index (κ2) is 9.74. The van der Waals surface area contributed by atoms with Gasteiger partial charge in [-0.15, -0.1) is 16.8 Å². The van der Waals surface area contributed by atoms with Crippen molar-refractivity contribution in [2.75, 3.05) is 25.3 Å². The number of methoxy groups -OCH3 is 2. The highest BCUT2D eigenvalue weighted by molar-refractivity contribution is 7.99. The van der Waals surface area contributed by atoms with Crippen LogP contribution >= 0.6 is 11.8 Å². The zero-order valence-corrected chi connectivity index (χ0v) is 17.0. The Morgan fingerprint density at radius 1 is 1.21 bits per heavy atom. The smallest absolute Gasteiger partial charge is 0.234 e. The van der Waals surface area contributed by atoms with Crippen LogP contribution in [-0.2, 0) is 11.3 Å². The number of anilines is 1. The molecule has 0 bridgehead atoms. The molecule has 0 unspecified atom stereocenters. The molecule has 0 atom stereocenters. The van der Waals surface area contributed by atoms with Crippen molar-refractivity contribution in [3.63, 3.8) is 0 Å². The molecule has 2 aromatic heterocycles. The number of rotatable bonds is 9. The van der Waals surface area contributed by atoms with Gasteiger partial charge in [-0.3, -0.25) is 14.3 Å². The molecule has 0 spiro atoms. The minimum atomic E-state index is -0.183. The quantitative estimate of drug-likeness (QED) is 0.427. The van der Waals surface area contributed by atoms with E-state index in [0.29, 0.717) is 34.7 Å². The third kappa shape index (κ3) is 4.94. The van der Waals surface area contributed by atoms with Crippen molar-refractivity contribution in [3.05, 3.63) is 55.4 Å². The van der Waals surface area contributed by atoms with Crippen molar-refractivity contribution in [2.45, 2.75) is 11.7 Å². The van der Waals surface area contributed by atoms with Gasteiger partial charge < -0.3 is 14.8 Å². The number of aromatic nitrogens is 4. The Morgan fingerprint density at radius 3 is 2.69 bits per heavy atom. The zero-order chi connectivity index (χ0) is 20.6. The van der Waals surface area contributed by atoms with Gasteiger partial charge >= 0.3 is 0 Å². The van der Waals surface area contributed by atoms with Crippen molar-refractivity contribution in [2.24, 2.45) is 0 Å². The summed E-state index contributed by atoms with van der Waals surface area (Å²) in [6.07, 6.45) is 5.16. The standard InChI is InChI=1S/C20H21N5O3S/c1-4-11-25-19(14-7-9-21-10-8-14)23-24-20(25)29-13-18(26)22-16-6-5-15(27-2)12-17(16)28-3/h4-10,12H,1,11,13H2,2-3H3,(H,22,26). The Morgan fingerprint density at radius 2 is 2.00 bits per heavy atom. The molecule has 8 nitrogen and oxygen atoms in total. The van der Waals surface area contributed by atoms with Crippen molar-refractivity contribution in [1.29, 1.82) is 0 Å².